The molecule has 1 heterocycles. The highest BCUT2D eigenvalue weighted by atomic mass is 32.2. The predicted octanol–water partition coefficient (Wildman–Crippen LogP) is 4.84. The number of aromatic amines is 1. The molecule has 0 aliphatic rings. The molecule has 3 heteroatoms. The molecule has 0 radical (unpaired) electrons. The molecule has 3 rings (SSSR count). The van der Waals surface area contributed by atoms with Crippen molar-refractivity contribution in [1.82, 2.24) is 4.98 Å². The van der Waals surface area contributed by atoms with E-state index in [-0.39, 0.29) is 11.0 Å². The van der Waals surface area contributed by atoms with Crippen LogP contribution < -0.4 is 0 Å². The minimum absolute atomic E-state index is 0.105. The molecule has 21 heavy (non-hydrogen) atoms. The zero-order valence-corrected chi connectivity index (χ0v) is 12.9. The topological polar surface area (TPSA) is 32.9 Å². The fraction of sp³-hybridized carbons (Fsp3) is 0.167. The summed E-state index contributed by atoms with van der Waals surface area (Å²) < 4.78 is 0. The van der Waals surface area contributed by atoms with E-state index in [4.69, 9.17) is 0 Å². The number of fused-ring (bicyclic) bond motifs is 1. The lowest BCUT2D eigenvalue weighted by Crippen LogP contribution is -2.12. The summed E-state index contributed by atoms with van der Waals surface area (Å²) >= 11 is 1.60. The lowest BCUT2D eigenvalue weighted by molar-refractivity contribution is 0.0995. The van der Waals surface area contributed by atoms with Gasteiger partial charge in [0.25, 0.3) is 0 Å². The van der Waals surface area contributed by atoms with Gasteiger partial charge < -0.3 is 4.98 Å². The first-order valence-corrected chi connectivity index (χ1v) is 7.87. The Labute approximate surface area is 128 Å². The van der Waals surface area contributed by atoms with Crippen LogP contribution in [0.2, 0.25) is 0 Å². The summed E-state index contributed by atoms with van der Waals surface area (Å²) in [6.45, 7) is 4.03. The van der Waals surface area contributed by atoms with E-state index in [9.17, 15) is 4.79 Å². The van der Waals surface area contributed by atoms with Crippen LogP contribution in [0.5, 0.6) is 0 Å². The van der Waals surface area contributed by atoms with E-state index >= 15 is 0 Å². The highest BCUT2D eigenvalue weighted by Gasteiger charge is 2.19. The molecule has 2 aromatic carbocycles. The van der Waals surface area contributed by atoms with Crippen LogP contribution >= 0.6 is 11.8 Å². The van der Waals surface area contributed by atoms with E-state index in [1.54, 1.807) is 11.8 Å². The van der Waals surface area contributed by atoms with Gasteiger partial charge in [-0.3, -0.25) is 4.79 Å². The number of carbonyl (C=O) groups is 1. The van der Waals surface area contributed by atoms with Crippen LogP contribution in [0.3, 0.4) is 0 Å². The second-order valence-electron chi connectivity index (χ2n) is 5.19. The van der Waals surface area contributed by atoms with Crippen molar-refractivity contribution < 1.29 is 4.79 Å². The number of hydrogen-bond donors (Lipinski definition) is 1. The Kier molecular flexibility index (Phi) is 3.84. The number of rotatable bonds is 4. The van der Waals surface area contributed by atoms with Gasteiger partial charge in [-0.05, 0) is 32.0 Å². The summed E-state index contributed by atoms with van der Waals surface area (Å²) in [5.74, 6) is 0.165. The number of thioether (sulfide) groups is 1. The molecule has 0 amide bonds. The molecule has 0 unspecified atom stereocenters. The van der Waals surface area contributed by atoms with Gasteiger partial charge in [-0.15, -0.1) is 11.8 Å². The number of para-hydroxylation sites is 1. The van der Waals surface area contributed by atoms with Crippen molar-refractivity contribution in [3.8, 4) is 0 Å². The van der Waals surface area contributed by atoms with Gasteiger partial charge in [0, 0.05) is 27.6 Å². The minimum atomic E-state index is -0.105. The van der Waals surface area contributed by atoms with Gasteiger partial charge >= 0.3 is 0 Å². The summed E-state index contributed by atoms with van der Waals surface area (Å²) in [4.78, 5) is 16.9. The maximum Gasteiger partial charge on any atom is 0.178 e. The Morgan fingerprint density at radius 1 is 1.10 bits per heavy atom. The van der Waals surface area contributed by atoms with Gasteiger partial charge in [-0.2, -0.15) is 0 Å². The second-order valence-corrected chi connectivity index (χ2v) is 6.60. The standard InChI is InChI=1S/C18H17NOS/c1-12-7-9-14(10-8-12)21-13(2)18(20)16-11-19-17-6-4-3-5-15(16)17/h3-11,13,19H,1-2H3/t13-/m0/s1. The SMILES string of the molecule is Cc1ccc(S[C@@H](C)C(=O)c2c[nH]c3ccccc23)cc1. The Hall–Kier alpha value is -2.00. The lowest BCUT2D eigenvalue weighted by atomic mass is 10.1. The highest BCUT2D eigenvalue weighted by Crippen LogP contribution is 2.28. The molecule has 0 aliphatic heterocycles. The summed E-state index contributed by atoms with van der Waals surface area (Å²) in [7, 11) is 0. The van der Waals surface area contributed by atoms with Crippen molar-refractivity contribution in [2.24, 2.45) is 0 Å². The molecule has 106 valence electrons. The molecule has 0 fully saturated rings. The van der Waals surface area contributed by atoms with Gasteiger partial charge in [0.2, 0.25) is 0 Å². The van der Waals surface area contributed by atoms with E-state index < -0.39 is 0 Å². The third-order valence-electron chi connectivity index (χ3n) is 3.56. The Morgan fingerprint density at radius 2 is 1.81 bits per heavy atom. The van der Waals surface area contributed by atoms with Crippen LogP contribution in [0.4, 0.5) is 0 Å². The molecule has 0 saturated heterocycles. The van der Waals surface area contributed by atoms with Crippen molar-refractivity contribution >= 4 is 28.4 Å². The van der Waals surface area contributed by atoms with E-state index in [0.29, 0.717) is 0 Å². The predicted molar refractivity (Wildman–Crippen MR) is 89.1 cm³/mol. The van der Waals surface area contributed by atoms with Crippen LogP contribution in [-0.2, 0) is 0 Å². The van der Waals surface area contributed by atoms with Gasteiger partial charge in [-0.25, -0.2) is 0 Å². The highest BCUT2D eigenvalue weighted by molar-refractivity contribution is 8.00. The summed E-state index contributed by atoms with van der Waals surface area (Å²) in [6, 6.07) is 16.2. The quantitative estimate of drug-likeness (QED) is 0.552. The third-order valence-corrected chi connectivity index (χ3v) is 4.67. The first-order chi connectivity index (χ1) is 10.1. The first kappa shape index (κ1) is 14.0. The maximum absolute atomic E-state index is 12.7. The van der Waals surface area contributed by atoms with Gasteiger partial charge in [-0.1, -0.05) is 35.9 Å². The number of aromatic nitrogens is 1. The van der Waals surface area contributed by atoms with Gasteiger partial charge in [0.15, 0.2) is 5.78 Å². The number of H-pyrrole nitrogens is 1. The lowest BCUT2D eigenvalue weighted by Gasteiger charge is -2.10. The van der Waals surface area contributed by atoms with Crippen molar-refractivity contribution in [2.75, 3.05) is 0 Å². The van der Waals surface area contributed by atoms with E-state index in [1.807, 2.05) is 37.4 Å². The number of benzene rings is 2. The number of aryl methyl sites for hydroxylation is 1. The molecule has 2 nitrogen and oxygen atoms in total. The van der Waals surface area contributed by atoms with E-state index in [0.717, 1.165) is 21.4 Å². The molecule has 1 atom stereocenters. The maximum atomic E-state index is 12.7. The molecule has 0 spiro atoms. The third kappa shape index (κ3) is 2.88. The zero-order valence-electron chi connectivity index (χ0n) is 12.1. The molecule has 0 aliphatic carbocycles. The van der Waals surface area contributed by atoms with Crippen molar-refractivity contribution in [3.05, 3.63) is 65.9 Å². The number of carbonyl (C=O) groups excluding carboxylic acids is 1. The van der Waals surface area contributed by atoms with E-state index in [2.05, 4.69) is 36.2 Å². The fourth-order valence-corrected chi connectivity index (χ4v) is 3.30. The summed E-state index contributed by atoms with van der Waals surface area (Å²) in [5, 5.41) is 0.894. The number of ketones is 1. The summed E-state index contributed by atoms with van der Waals surface area (Å²) in [6.07, 6.45) is 1.82. The molecule has 0 bridgehead atoms. The fourth-order valence-electron chi connectivity index (χ4n) is 2.37. The minimum Gasteiger partial charge on any atom is -0.360 e. The zero-order chi connectivity index (χ0) is 14.8. The Morgan fingerprint density at radius 3 is 2.57 bits per heavy atom. The van der Waals surface area contributed by atoms with Crippen LogP contribution in [-0.4, -0.2) is 16.0 Å². The number of Topliss-reactive ketones (excluding diaryl/α,β-unsaturated/α-hetero) is 1. The molecule has 3 aromatic rings. The van der Waals surface area contributed by atoms with Gasteiger partial charge in [0.05, 0.1) is 5.25 Å². The monoisotopic (exact) mass is 295 g/mol. The average molecular weight is 295 g/mol. The first-order valence-electron chi connectivity index (χ1n) is 6.99. The molecule has 0 saturated carbocycles. The van der Waals surface area contributed by atoms with Crippen LogP contribution in [0, 0.1) is 6.92 Å². The molecule has 1 N–H and O–H groups in total. The van der Waals surface area contributed by atoms with Crippen molar-refractivity contribution in [2.45, 2.75) is 24.0 Å². The number of hydrogen-bond acceptors (Lipinski definition) is 2. The van der Waals surface area contributed by atoms with Crippen LogP contribution in [0.1, 0.15) is 22.8 Å². The van der Waals surface area contributed by atoms with Crippen molar-refractivity contribution in [1.29, 1.82) is 0 Å². The smallest absolute Gasteiger partial charge is 0.178 e. The Balaban J connectivity index is 1.82. The largest absolute Gasteiger partial charge is 0.360 e. The van der Waals surface area contributed by atoms with Crippen LogP contribution in [0.25, 0.3) is 10.9 Å². The summed E-state index contributed by atoms with van der Waals surface area (Å²) in [5.41, 5.74) is 3.01. The number of nitrogens with one attached hydrogen (secondary N) is 1. The van der Waals surface area contributed by atoms with Crippen LogP contribution in [0.15, 0.2) is 59.6 Å². The average Bonchev–Trinajstić information content (AvgIpc) is 2.92. The van der Waals surface area contributed by atoms with Gasteiger partial charge in [0.1, 0.15) is 0 Å². The second kappa shape index (κ2) is 5.78. The normalized spacial score (nSPS) is 12.5. The molecule has 1 aromatic heterocycles. The van der Waals surface area contributed by atoms with E-state index in [1.165, 1.54) is 5.56 Å². The Bertz CT molecular complexity index is 773. The molecular formula is C18H17NOS. The molecular weight excluding hydrogens is 278 g/mol. The van der Waals surface area contributed by atoms with Crippen molar-refractivity contribution in [3.63, 3.8) is 0 Å².